The number of amides is 2. The van der Waals surface area contributed by atoms with E-state index in [0.29, 0.717) is 30.3 Å². The van der Waals surface area contributed by atoms with Gasteiger partial charge in [-0.1, -0.05) is 6.92 Å². The largest absolute Gasteiger partial charge is 0.339 e. The number of piperidine rings is 1. The minimum atomic E-state index is -0.0684. The molecule has 0 atom stereocenters. The first-order chi connectivity index (χ1) is 10.6. The first-order valence-electron chi connectivity index (χ1n) is 8.11. The normalized spacial score (nSPS) is 15.7. The maximum absolute atomic E-state index is 12.5. The molecule has 22 heavy (non-hydrogen) atoms. The summed E-state index contributed by atoms with van der Waals surface area (Å²) < 4.78 is 0. The third-order valence-electron chi connectivity index (χ3n) is 4.35. The van der Waals surface area contributed by atoms with E-state index in [1.807, 2.05) is 18.7 Å². The third kappa shape index (κ3) is 3.64. The fraction of sp³-hybridized carbons (Fsp3) is 0.588. The van der Waals surface area contributed by atoms with Crippen molar-refractivity contribution in [3.8, 4) is 0 Å². The Hall–Kier alpha value is -1.91. The third-order valence-corrected chi connectivity index (χ3v) is 4.35. The van der Waals surface area contributed by atoms with Gasteiger partial charge in [-0.3, -0.25) is 14.6 Å². The van der Waals surface area contributed by atoms with Crippen LogP contribution < -0.4 is 0 Å². The molecule has 0 saturated carbocycles. The van der Waals surface area contributed by atoms with Crippen LogP contribution in [0.15, 0.2) is 18.3 Å². The van der Waals surface area contributed by atoms with Gasteiger partial charge in [-0.05, 0) is 44.7 Å². The molecule has 2 amide bonds. The average molecular weight is 303 g/mol. The first-order valence-corrected chi connectivity index (χ1v) is 8.11. The highest BCUT2D eigenvalue weighted by atomic mass is 16.2. The molecule has 2 rings (SSSR count). The number of carbonyl (C=O) groups is 2. The Balaban J connectivity index is 2.14. The fourth-order valence-corrected chi connectivity index (χ4v) is 2.75. The molecule has 1 aromatic heterocycles. The van der Waals surface area contributed by atoms with Gasteiger partial charge < -0.3 is 9.80 Å². The average Bonchev–Trinajstić information content (AvgIpc) is 2.56. The molecule has 0 aromatic carbocycles. The molecule has 1 aromatic rings. The maximum Gasteiger partial charge on any atom is 0.272 e. The van der Waals surface area contributed by atoms with Crippen LogP contribution in [0.4, 0.5) is 0 Å². The highest BCUT2D eigenvalue weighted by Crippen LogP contribution is 2.18. The topological polar surface area (TPSA) is 53.5 Å². The maximum atomic E-state index is 12.5. The molecule has 5 nitrogen and oxygen atoms in total. The van der Waals surface area contributed by atoms with Crippen molar-refractivity contribution in [1.29, 1.82) is 0 Å². The van der Waals surface area contributed by atoms with Crippen LogP contribution in [-0.4, -0.2) is 52.8 Å². The van der Waals surface area contributed by atoms with Gasteiger partial charge in [0, 0.05) is 37.9 Å². The lowest BCUT2D eigenvalue weighted by Gasteiger charge is -2.30. The van der Waals surface area contributed by atoms with Crippen molar-refractivity contribution in [2.45, 2.75) is 33.6 Å². The van der Waals surface area contributed by atoms with Crippen molar-refractivity contribution in [3.63, 3.8) is 0 Å². The van der Waals surface area contributed by atoms with E-state index >= 15 is 0 Å². The van der Waals surface area contributed by atoms with Crippen molar-refractivity contribution >= 4 is 11.8 Å². The molecule has 0 N–H and O–H groups in total. The number of pyridine rings is 1. The SMILES string of the molecule is CCN(CC)C(=O)c1ccnc(C(=O)N2CCC(C)CC2)c1. The second kappa shape index (κ2) is 7.38. The molecule has 1 aliphatic heterocycles. The number of hydrogen-bond acceptors (Lipinski definition) is 3. The van der Waals surface area contributed by atoms with Crippen LogP contribution in [0.5, 0.6) is 0 Å². The molecule has 0 aliphatic carbocycles. The van der Waals surface area contributed by atoms with Gasteiger partial charge in [0.1, 0.15) is 5.69 Å². The summed E-state index contributed by atoms with van der Waals surface area (Å²) in [5.41, 5.74) is 0.903. The summed E-state index contributed by atoms with van der Waals surface area (Å²) in [5, 5.41) is 0. The molecule has 0 unspecified atom stereocenters. The van der Waals surface area contributed by atoms with E-state index in [0.717, 1.165) is 25.9 Å². The molecular formula is C17H25N3O2. The minimum absolute atomic E-state index is 0.0475. The number of hydrogen-bond donors (Lipinski definition) is 0. The Bertz CT molecular complexity index is 532. The van der Waals surface area contributed by atoms with Gasteiger partial charge >= 0.3 is 0 Å². The molecule has 1 aliphatic rings. The lowest BCUT2D eigenvalue weighted by atomic mass is 9.99. The predicted molar refractivity (Wildman–Crippen MR) is 85.8 cm³/mol. The number of carbonyl (C=O) groups excluding carboxylic acids is 2. The Labute approximate surface area is 132 Å². The smallest absolute Gasteiger partial charge is 0.272 e. The highest BCUT2D eigenvalue weighted by molar-refractivity contribution is 5.98. The van der Waals surface area contributed by atoms with Crippen molar-refractivity contribution in [2.24, 2.45) is 5.92 Å². The zero-order valence-corrected chi connectivity index (χ0v) is 13.7. The van der Waals surface area contributed by atoms with Crippen LogP contribution in [0.25, 0.3) is 0 Å². The van der Waals surface area contributed by atoms with Gasteiger partial charge in [-0.25, -0.2) is 0 Å². The van der Waals surface area contributed by atoms with E-state index in [9.17, 15) is 9.59 Å². The van der Waals surface area contributed by atoms with E-state index in [4.69, 9.17) is 0 Å². The van der Waals surface area contributed by atoms with Crippen LogP contribution in [0.3, 0.4) is 0 Å². The molecule has 5 heteroatoms. The minimum Gasteiger partial charge on any atom is -0.339 e. The lowest BCUT2D eigenvalue weighted by Crippen LogP contribution is -2.38. The van der Waals surface area contributed by atoms with Crippen molar-refractivity contribution < 1.29 is 9.59 Å². The second-order valence-corrected chi connectivity index (χ2v) is 5.88. The van der Waals surface area contributed by atoms with Crippen molar-refractivity contribution in [3.05, 3.63) is 29.6 Å². The van der Waals surface area contributed by atoms with Crippen LogP contribution in [0, 0.1) is 5.92 Å². The van der Waals surface area contributed by atoms with Gasteiger partial charge in [-0.15, -0.1) is 0 Å². The number of likely N-dealkylation sites (tertiary alicyclic amines) is 1. The van der Waals surface area contributed by atoms with Crippen LogP contribution in [0.1, 0.15) is 54.5 Å². The summed E-state index contributed by atoms with van der Waals surface area (Å²) in [4.78, 5) is 32.7. The standard InChI is InChI=1S/C17H25N3O2/c1-4-19(5-2)16(21)14-6-9-18-15(12-14)17(22)20-10-7-13(3)8-11-20/h6,9,12-13H,4-5,7-8,10-11H2,1-3H3. The highest BCUT2D eigenvalue weighted by Gasteiger charge is 2.23. The van der Waals surface area contributed by atoms with E-state index in [2.05, 4.69) is 11.9 Å². The zero-order valence-electron chi connectivity index (χ0n) is 13.7. The Morgan fingerprint density at radius 2 is 1.91 bits per heavy atom. The molecule has 0 spiro atoms. The van der Waals surface area contributed by atoms with Crippen LogP contribution >= 0.6 is 0 Å². The summed E-state index contributed by atoms with van der Waals surface area (Å²) in [5.74, 6) is 0.558. The molecule has 120 valence electrons. The molecule has 1 fully saturated rings. The molecular weight excluding hydrogens is 278 g/mol. The quantitative estimate of drug-likeness (QED) is 0.858. The van der Waals surface area contributed by atoms with Gasteiger partial charge in [0.15, 0.2) is 0 Å². The number of rotatable bonds is 4. The van der Waals surface area contributed by atoms with E-state index in [1.54, 1.807) is 23.2 Å². The second-order valence-electron chi connectivity index (χ2n) is 5.88. The summed E-state index contributed by atoms with van der Waals surface area (Å²) in [6, 6.07) is 3.30. The van der Waals surface area contributed by atoms with Crippen LogP contribution in [0.2, 0.25) is 0 Å². The predicted octanol–water partition coefficient (Wildman–Crippen LogP) is 2.44. The van der Waals surface area contributed by atoms with Crippen molar-refractivity contribution in [1.82, 2.24) is 14.8 Å². The van der Waals surface area contributed by atoms with E-state index < -0.39 is 0 Å². The van der Waals surface area contributed by atoms with Gasteiger partial charge in [0.2, 0.25) is 0 Å². The Kier molecular flexibility index (Phi) is 5.52. The van der Waals surface area contributed by atoms with Crippen molar-refractivity contribution in [2.75, 3.05) is 26.2 Å². The summed E-state index contributed by atoms with van der Waals surface area (Å²) >= 11 is 0. The van der Waals surface area contributed by atoms with E-state index in [1.165, 1.54) is 0 Å². The molecule has 2 heterocycles. The number of aromatic nitrogens is 1. The Morgan fingerprint density at radius 3 is 2.50 bits per heavy atom. The van der Waals surface area contributed by atoms with Gasteiger partial charge in [0.05, 0.1) is 0 Å². The summed E-state index contributed by atoms with van der Waals surface area (Å²) in [6.45, 7) is 8.97. The molecule has 0 bridgehead atoms. The summed E-state index contributed by atoms with van der Waals surface area (Å²) in [7, 11) is 0. The van der Waals surface area contributed by atoms with Gasteiger partial charge in [-0.2, -0.15) is 0 Å². The molecule has 0 radical (unpaired) electrons. The molecule has 1 saturated heterocycles. The first kappa shape index (κ1) is 16.5. The Morgan fingerprint density at radius 1 is 1.27 bits per heavy atom. The van der Waals surface area contributed by atoms with Crippen LogP contribution in [-0.2, 0) is 0 Å². The number of nitrogens with zero attached hydrogens (tertiary/aromatic N) is 3. The lowest BCUT2D eigenvalue weighted by molar-refractivity contribution is 0.0691. The van der Waals surface area contributed by atoms with Gasteiger partial charge in [0.25, 0.3) is 11.8 Å². The van der Waals surface area contributed by atoms with E-state index in [-0.39, 0.29) is 11.8 Å². The summed E-state index contributed by atoms with van der Waals surface area (Å²) in [6.07, 6.45) is 3.62. The monoisotopic (exact) mass is 303 g/mol. The zero-order chi connectivity index (χ0) is 16.1. The fourth-order valence-electron chi connectivity index (χ4n) is 2.75.